The number of anilines is 1. The molecule has 142 valence electrons. The molecule has 0 unspecified atom stereocenters. The molecule has 0 bridgehead atoms. The van der Waals surface area contributed by atoms with Gasteiger partial charge in [0.25, 0.3) is 0 Å². The van der Waals surface area contributed by atoms with E-state index in [0.717, 1.165) is 37.8 Å². The van der Waals surface area contributed by atoms with Gasteiger partial charge in [0.15, 0.2) is 4.96 Å². The van der Waals surface area contributed by atoms with E-state index >= 15 is 0 Å². The van der Waals surface area contributed by atoms with E-state index in [1.54, 1.807) is 0 Å². The average Bonchev–Trinajstić information content (AvgIpc) is 3.25. The highest BCUT2D eigenvalue weighted by molar-refractivity contribution is 9.10. The van der Waals surface area contributed by atoms with E-state index in [9.17, 15) is 4.79 Å². The molecular formula is C21H18BrN3O2S. The highest BCUT2D eigenvalue weighted by Gasteiger charge is 2.13. The monoisotopic (exact) mass is 455 g/mol. The van der Waals surface area contributed by atoms with Crippen molar-refractivity contribution >= 4 is 43.8 Å². The normalized spacial score (nSPS) is 10.9. The van der Waals surface area contributed by atoms with Crippen LogP contribution in [-0.4, -0.2) is 21.9 Å². The first-order valence-corrected chi connectivity index (χ1v) is 10.5. The molecule has 0 atom stereocenters. The van der Waals surface area contributed by atoms with Crippen molar-refractivity contribution in [2.24, 2.45) is 0 Å². The van der Waals surface area contributed by atoms with Crippen molar-refractivity contribution in [1.82, 2.24) is 9.38 Å². The maximum Gasteiger partial charge on any atom is 0.230 e. The summed E-state index contributed by atoms with van der Waals surface area (Å²) in [6, 6.07) is 15.4. The van der Waals surface area contributed by atoms with E-state index < -0.39 is 0 Å². The van der Waals surface area contributed by atoms with E-state index in [-0.39, 0.29) is 12.3 Å². The van der Waals surface area contributed by atoms with Gasteiger partial charge in [0, 0.05) is 33.0 Å². The van der Waals surface area contributed by atoms with Gasteiger partial charge < -0.3 is 10.1 Å². The van der Waals surface area contributed by atoms with Crippen molar-refractivity contribution in [2.75, 3.05) is 11.9 Å². The number of amides is 1. The Bertz CT molecular complexity index is 1120. The first kappa shape index (κ1) is 18.7. The van der Waals surface area contributed by atoms with Gasteiger partial charge in [-0.3, -0.25) is 9.20 Å². The second-order valence-corrected chi connectivity index (χ2v) is 7.95. The minimum Gasteiger partial charge on any atom is -0.494 e. The number of carbonyl (C=O) groups is 1. The van der Waals surface area contributed by atoms with E-state index in [0.29, 0.717) is 6.61 Å². The number of halogens is 1. The molecule has 0 radical (unpaired) electrons. The van der Waals surface area contributed by atoms with Crippen molar-refractivity contribution in [3.8, 4) is 17.0 Å². The summed E-state index contributed by atoms with van der Waals surface area (Å²) in [5, 5.41) is 4.91. The fourth-order valence-electron chi connectivity index (χ4n) is 2.92. The third-order valence-corrected chi connectivity index (χ3v) is 5.58. The number of benzene rings is 2. The van der Waals surface area contributed by atoms with Gasteiger partial charge in [0.05, 0.1) is 18.7 Å². The van der Waals surface area contributed by atoms with Gasteiger partial charge in [-0.2, -0.15) is 0 Å². The summed E-state index contributed by atoms with van der Waals surface area (Å²) in [5.74, 6) is 0.784. The van der Waals surface area contributed by atoms with Crippen molar-refractivity contribution in [3.05, 3.63) is 70.3 Å². The van der Waals surface area contributed by atoms with Gasteiger partial charge in [-0.25, -0.2) is 4.98 Å². The van der Waals surface area contributed by atoms with Crippen molar-refractivity contribution < 1.29 is 9.53 Å². The van der Waals surface area contributed by atoms with Crippen LogP contribution in [0.4, 0.5) is 5.69 Å². The number of hydrogen-bond acceptors (Lipinski definition) is 4. The van der Waals surface area contributed by atoms with Crippen LogP contribution >= 0.6 is 27.3 Å². The molecule has 2 aromatic heterocycles. The zero-order valence-electron chi connectivity index (χ0n) is 15.2. The van der Waals surface area contributed by atoms with Crippen LogP contribution in [0.2, 0.25) is 0 Å². The van der Waals surface area contributed by atoms with Crippen LogP contribution in [-0.2, 0) is 11.2 Å². The Morgan fingerprint density at radius 1 is 1.25 bits per heavy atom. The van der Waals surface area contributed by atoms with Crippen LogP contribution in [0.15, 0.2) is 64.6 Å². The number of carbonyl (C=O) groups excluding carboxylic acids is 1. The summed E-state index contributed by atoms with van der Waals surface area (Å²) >= 11 is 4.94. The van der Waals surface area contributed by atoms with Gasteiger partial charge in [0.2, 0.25) is 5.91 Å². The number of fused-ring (bicyclic) bond motifs is 1. The SMILES string of the molecule is CCOc1ccc(-c2cn3c(CC(=O)Nc4cccc(Br)c4)csc3n2)cc1. The lowest BCUT2D eigenvalue weighted by Crippen LogP contribution is -2.15. The second-order valence-electron chi connectivity index (χ2n) is 6.20. The minimum absolute atomic E-state index is 0.0610. The molecule has 0 saturated heterocycles. The summed E-state index contributed by atoms with van der Waals surface area (Å²) in [6.07, 6.45) is 2.26. The number of nitrogens with one attached hydrogen (secondary N) is 1. The van der Waals surface area contributed by atoms with Gasteiger partial charge in [0.1, 0.15) is 5.75 Å². The maximum absolute atomic E-state index is 12.4. The Morgan fingerprint density at radius 2 is 2.07 bits per heavy atom. The van der Waals surface area contributed by atoms with E-state index in [2.05, 4.69) is 26.2 Å². The lowest BCUT2D eigenvalue weighted by molar-refractivity contribution is -0.115. The highest BCUT2D eigenvalue weighted by Crippen LogP contribution is 2.26. The van der Waals surface area contributed by atoms with Gasteiger partial charge in [-0.1, -0.05) is 22.0 Å². The fraction of sp³-hybridized carbons (Fsp3) is 0.143. The molecule has 1 N–H and O–H groups in total. The van der Waals surface area contributed by atoms with Crippen LogP contribution in [0.5, 0.6) is 5.75 Å². The molecule has 1 amide bonds. The zero-order valence-corrected chi connectivity index (χ0v) is 17.6. The van der Waals surface area contributed by atoms with Crippen LogP contribution in [0, 0.1) is 0 Å². The van der Waals surface area contributed by atoms with Gasteiger partial charge >= 0.3 is 0 Å². The molecule has 0 spiro atoms. The number of aromatic nitrogens is 2. The summed E-state index contributed by atoms with van der Waals surface area (Å²) in [7, 11) is 0. The van der Waals surface area contributed by atoms with Crippen molar-refractivity contribution in [1.29, 1.82) is 0 Å². The summed E-state index contributed by atoms with van der Waals surface area (Å²) in [6.45, 7) is 2.61. The quantitative estimate of drug-likeness (QED) is 0.423. The fourth-order valence-corrected chi connectivity index (χ4v) is 4.19. The molecular weight excluding hydrogens is 438 g/mol. The molecule has 2 heterocycles. The molecule has 2 aromatic carbocycles. The maximum atomic E-state index is 12.4. The second kappa shape index (κ2) is 8.16. The summed E-state index contributed by atoms with van der Waals surface area (Å²) < 4.78 is 8.40. The molecule has 28 heavy (non-hydrogen) atoms. The molecule has 0 aliphatic heterocycles. The lowest BCUT2D eigenvalue weighted by atomic mass is 10.1. The Kier molecular flexibility index (Phi) is 5.45. The first-order chi connectivity index (χ1) is 13.6. The van der Waals surface area contributed by atoms with Crippen LogP contribution in [0.1, 0.15) is 12.6 Å². The number of hydrogen-bond donors (Lipinski definition) is 1. The van der Waals surface area contributed by atoms with Crippen molar-refractivity contribution in [3.63, 3.8) is 0 Å². The largest absolute Gasteiger partial charge is 0.494 e. The summed E-state index contributed by atoms with van der Waals surface area (Å²) in [5.41, 5.74) is 3.58. The molecule has 4 rings (SSSR count). The number of rotatable bonds is 6. The zero-order chi connectivity index (χ0) is 19.5. The number of thiazole rings is 1. The topological polar surface area (TPSA) is 55.6 Å². The minimum atomic E-state index is -0.0610. The third kappa shape index (κ3) is 4.10. The Balaban J connectivity index is 1.52. The van der Waals surface area contributed by atoms with E-state index in [1.807, 2.05) is 71.4 Å². The number of nitrogens with zero attached hydrogens (tertiary/aromatic N) is 2. The predicted octanol–water partition coefficient (Wildman–Crippen LogP) is 5.41. The molecule has 0 fully saturated rings. The van der Waals surface area contributed by atoms with Crippen LogP contribution in [0.25, 0.3) is 16.2 Å². The van der Waals surface area contributed by atoms with Gasteiger partial charge in [-0.05, 0) is 49.4 Å². The molecule has 7 heteroatoms. The number of imidazole rings is 1. The molecule has 5 nitrogen and oxygen atoms in total. The lowest BCUT2D eigenvalue weighted by Gasteiger charge is -2.05. The average molecular weight is 456 g/mol. The third-order valence-electron chi connectivity index (χ3n) is 4.19. The molecule has 4 aromatic rings. The van der Waals surface area contributed by atoms with E-state index in [1.165, 1.54) is 11.3 Å². The van der Waals surface area contributed by atoms with Gasteiger partial charge in [-0.15, -0.1) is 11.3 Å². The van der Waals surface area contributed by atoms with Crippen LogP contribution < -0.4 is 10.1 Å². The Morgan fingerprint density at radius 3 is 2.82 bits per heavy atom. The smallest absolute Gasteiger partial charge is 0.230 e. The highest BCUT2D eigenvalue weighted by atomic mass is 79.9. The standard InChI is InChI=1S/C21H18BrN3O2S/c1-2-27-18-8-6-14(7-9-18)19-12-25-17(13-28-21(25)24-19)11-20(26)23-16-5-3-4-15(22)10-16/h3-10,12-13H,2,11H2,1H3,(H,23,26). The Hall–Kier alpha value is -2.64. The first-order valence-electron chi connectivity index (χ1n) is 8.86. The molecule has 0 aliphatic rings. The Labute approximate surface area is 175 Å². The van der Waals surface area contributed by atoms with Crippen molar-refractivity contribution in [2.45, 2.75) is 13.3 Å². The summed E-state index contributed by atoms with van der Waals surface area (Å²) in [4.78, 5) is 18.0. The molecule has 0 saturated carbocycles. The molecule has 0 aliphatic carbocycles. The van der Waals surface area contributed by atoms with Crippen LogP contribution in [0.3, 0.4) is 0 Å². The number of ether oxygens (including phenoxy) is 1. The van der Waals surface area contributed by atoms with E-state index in [4.69, 9.17) is 4.74 Å². The predicted molar refractivity (Wildman–Crippen MR) is 116 cm³/mol.